The van der Waals surface area contributed by atoms with Crippen molar-refractivity contribution in [1.82, 2.24) is 10.2 Å². The second kappa shape index (κ2) is 9.68. The molecule has 8 heteroatoms. The normalized spacial score (nSPS) is 21.9. The Labute approximate surface area is 178 Å². The highest BCUT2D eigenvalue weighted by Gasteiger charge is 2.42. The Balaban J connectivity index is 0.00000261. The summed E-state index contributed by atoms with van der Waals surface area (Å²) in [7, 11) is 6.69. The Morgan fingerprint density at radius 1 is 1.19 bits per heavy atom. The maximum atomic E-state index is 5.62. The van der Waals surface area contributed by atoms with Gasteiger partial charge in [0.05, 0.1) is 27.9 Å². The molecule has 2 heterocycles. The van der Waals surface area contributed by atoms with E-state index in [0.717, 1.165) is 50.7 Å². The summed E-state index contributed by atoms with van der Waals surface area (Å²) < 4.78 is 21.9. The summed E-state index contributed by atoms with van der Waals surface area (Å²) in [4.78, 5) is 6.79. The molecule has 27 heavy (non-hydrogen) atoms. The molecule has 1 atom stereocenters. The van der Waals surface area contributed by atoms with E-state index >= 15 is 0 Å². The van der Waals surface area contributed by atoms with Crippen LogP contribution in [0.3, 0.4) is 0 Å². The minimum Gasteiger partial charge on any atom is -0.493 e. The van der Waals surface area contributed by atoms with Crippen molar-refractivity contribution in [2.45, 2.75) is 19.4 Å². The first-order chi connectivity index (χ1) is 12.6. The molecule has 2 aliphatic rings. The average molecular weight is 491 g/mol. The fourth-order valence-electron chi connectivity index (χ4n) is 3.84. The predicted octanol–water partition coefficient (Wildman–Crippen LogP) is 2.52. The second-order valence-electron chi connectivity index (χ2n) is 6.91. The molecule has 2 saturated heterocycles. The Kier molecular flexibility index (Phi) is 7.84. The lowest BCUT2D eigenvalue weighted by Gasteiger charge is -2.25. The van der Waals surface area contributed by atoms with Crippen LogP contribution in [0.2, 0.25) is 0 Å². The molecule has 1 N–H and O–H groups in total. The van der Waals surface area contributed by atoms with Gasteiger partial charge in [-0.3, -0.25) is 4.99 Å². The zero-order valence-electron chi connectivity index (χ0n) is 16.5. The first-order valence-corrected chi connectivity index (χ1v) is 8.97. The Bertz CT molecular complexity index is 637. The fraction of sp³-hybridized carbons (Fsp3) is 0.632. The maximum Gasteiger partial charge on any atom is 0.203 e. The van der Waals surface area contributed by atoms with E-state index < -0.39 is 0 Å². The molecule has 0 radical (unpaired) electrons. The Morgan fingerprint density at radius 2 is 1.89 bits per heavy atom. The molecule has 152 valence electrons. The quantitative estimate of drug-likeness (QED) is 0.388. The SMILES string of the molecule is CN=C(NCc1cc(OC)c(OC)c(OC)c1)N1CCC2(CCOC2)C1.I. The van der Waals surface area contributed by atoms with Gasteiger partial charge in [-0.2, -0.15) is 0 Å². The summed E-state index contributed by atoms with van der Waals surface area (Å²) >= 11 is 0. The monoisotopic (exact) mass is 491 g/mol. The van der Waals surface area contributed by atoms with Gasteiger partial charge < -0.3 is 29.2 Å². The Morgan fingerprint density at radius 3 is 2.41 bits per heavy atom. The van der Waals surface area contributed by atoms with Gasteiger partial charge in [-0.25, -0.2) is 0 Å². The summed E-state index contributed by atoms with van der Waals surface area (Å²) in [6, 6.07) is 3.91. The maximum absolute atomic E-state index is 5.62. The number of rotatable bonds is 5. The summed E-state index contributed by atoms with van der Waals surface area (Å²) in [6.45, 7) is 4.39. The number of halogens is 1. The fourth-order valence-corrected chi connectivity index (χ4v) is 3.84. The molecule has 0 aromatic heterocycles. The van der Waals surface area contributed by atoms with Gasteiger partial charge in [0.15, 0.2) is 17.5 Å². The van der Waals surface area contributed by atoms with Gasteiger partial charge in [0.1, 0.15) is 0 Å². The van der Waals surface area contributed by atoms with Crippen LogP contribution in [0, 0.1) is 5.41 Å². The summed E-state index contributed by atoms with van der Waals surface area (Å²) in [6.07, 6.45) is 2.31. The van der Waals surface area contributed by atoms with Crippen molar-refractivity contribution in [2.75, 3.05) is 54.7 Å². The minimum atomic E-state index is 0. The minimum absolute atomic E-state index is 0. The molecular weight excluding hydrogens is 461 g/mol. The van der Waals surface area contributed by atoms with Gasteiger partial charge in [0.2, 0.25) is 5.75 Å². The molecule has 2 fully saturated rings. The first-order valence-electron chi connectivity index (χ1n) is 8.97. The number of hydrogen-bond donors (Lipinski definition) is 1. The van der Waals surface area contributed by atoms with Crippen molar-refractivity contribution in [3.8, 4) is 17.2 Å². The smallest absolute Gasteiger partial charge is 0.203 e. The van der Waals surface area contributed by atoms with E-state index in [9.17, 15) is 0 Å². The van der Waals surface area contributed by atoms with Crippen molar-refractivity contribution in [3.63, 3.8) is 0 Å². The van der Waals surface area contributed by atoms with Crippen LogP contribution in [0.5, 0.6) is 17.2 Å². The molecule has 1 spiro atoms. The van der Waals surface area contributed by atoms with E-state index in [0.29, 0.717) is 29.2 Å². The first kappa shape index (κ1) is 21.9. The standard InChI is InChI=1S/C19H29N3O4.HI/c1-20-18(22-7-5-19(12-22)6-8-26-13-19)21-11-14-9-15(23-2)17(25-4)16(10-14)24-3;/h9-10H,5-8,11-13H2,1-4H3,(H,20,21);1H. The third-order valence-electron chi connectivity index (χ3n) is 5.31. The molecule has 3 rings (SSSR count). The summed E-state index contributed by atoms with van der Waals surface area (Å²) in [5, 5.41) is 3.46. The number of likely N-dealkylation sites (tertiary alicyclic amines) is 1. The van der Waals surface area contributed by atoms with Gasteiger partial charge in [-0.05, 0) is 30.5 Å². The molecule has 1 aromatic carbocycles. The lowest BCUT2D eigenvalue weighted by molar-refractivity contribution is 0.156. The molecule has 2 aliphatic heterocycles. The molecule has 0 aliphatic carbocycles. The van der Waals surface area contributed by atoms with Crippen LogP contribution in [0.4, 0.5) is 0 Å². The molecule has 0 bridgehead atoms. The highest BCUT2D eigenvalue weighted by atomic mass is 127. The molecular formula is C19H30IN3O4. The number of aliphatic imine (C=N–C) groups is 1. The number of nitrogens with zero attached hydrogens (tertiary/aromatic N) is 2. The van der Waals surface area contributed by atoms with Crippen LogP contribution < -0.4 is 19.5 Å². The third kappa shape index (κ3) is 4.71. The van der Waals surface area contributed by atoms with E-state index in [1.807, 2.05) is 19.2 Å². The van der Waals surface area contributed by atoms with Gasteiger partial charge >= 0.3 is 0 Å². The van der Waals surface area contributed by atoms with E-state index in [2.05, 4.69) is 15.2 Å². The van der Waals surface area contributed by atoms with E-state index in [-0.39, 0.29) is 24.0 Å². The third-order valence-corrected chi connectivity index (χ3v) is 5.31. The van der Waals surface area contributed by atoms with Crippen LogP contribution in [0.25, 0.3) is 0 Å². The van der Waals surface area contributed by atoms with E-state index in [1.54, 1.807) is 21.3 Å². The van der Waals surface area contributed by atoms with Crippen molar-refractivity contribution in [3.05, 3.63) is 17.7 Å². The number of benzene rings is 1. The van der Waals surface area contributed by atoms with Crippen LogP contribution in [-0.2, 0) is 11.3 Å². The van der Waals surface area contributed by atoms with Crippen molar-refractivity contribution < 1.29 is 18.9 Å². The highest BCUT2D eigenvalue weighted by molar-refractivity contribution is 14.0. The predicted molar refractivity (Wildman–Crippen MR) is 116 cm³/mol. The number of guanidine groups is 1. The zero-order valence-corrected chi connectivity index (χ0v) is 18.9. The largest absolute Gasteiger partial charge is 0.493 e. The van der Waals surface area contributed by atoms with E-state index in [4.69, 9.17) is 18.9 Å². The number of hydrogen-bond acceptors (Lipinski definition) is 5. The lowest BCUT2D eigenvalue weighted by atomic mass is 9.87. The van der Waals surface area contributed by atoms with Gasteiger partial charge in [0.25, 0.3) is 0 Å². The van der Waals surface area contributed by atoms with Crippen LogP contribution in [0.1, 0.15) is 18.4 Å². The summed E-state index contributed by atoms with van der Waals surface area (Å²) in [5.74, 6) is 2.83. The van der Waals surface area contributed by atoms with Crippen LogP contribution >= 0.6 is 24.0 Å². The Hall–Kier alpha value is -1.42. The van der Waals surface area contributed by atoms with Gasteiger partial charge in [0, 0.05) is 38.7 Å². The number of methoxy groups -OCH3 is 3. The average Bonchev–Trinajstić information content (AvgIpc) is 3.31. The van der Waals surface area contributed by atoms with Crippen LogP contribution in [0.15, 0.2) is 17.1 Å². The second-order valence-corrected chi connectivity index (χ2v) is 6.91. The van der Waals surface area contributed by atoms with Gasteiger partial charge in [-0.1, -0.05) is 0 Å². The molecule has 7 nitrogen and oxygen atoms in total. The lowest BCUT2D eigenvalue weighted by Crippen LogP contribution is -2.41. The molecule has 1 aromatic rings. The van der Waals surface area contributed by atoms with Crippen molar-refractivity contribution in [2.24, 2.45) is 10.4 Å². The molecule has 1 unspecified atom stereocenters. The van der Waals surface area contributed by atoms with Crippen molar-refractivity contribution >= 4 is 29.9 Å². The summed E-state index contributed by atoms with van der Waals surface area (Å²) in [5.41, 5.74) is 1.35. The zero-order chi connectivity index (χ0) is 18.6. The van der Waals surface area contributed by atoms with Gasteiger partial charge in [-0.15, -0.1) is 24.0 Å². The number of nitrogens with one attached hydrogen (secondary N) is 1. The molecule has 0 saturated carbocycles. The van der Waals surface area contributed by atoms with E-state index in [1.165, 1.54) is 0 Å². The molecule has 0 amide bonds. The topological polar surface area (TPSA) is 64.6 Å². The van der Waals surface area contributed by atoms with Crippen molar-refractivity contribution in [1.29, 1.82) is 0 Å². The van der Waals surface area contributed by atoms with Crippen LogP contribution in [-0.4, -0.2) is 65.5 Å². The highest BCUT2D eigenvalue weighted by Crippen LogP contribution is 2.39. The number of ether oxygens (including phenoxy) is 4.